The van der Waals surface area contributed by atoms with Crippen molar-refractivity contribution in [3.05, 3.63) is 22.3 Å². The Hall–Kier alpha value is -1.38. The highest BCUT2D eigenvalue weighted by Gasteiger charge is 2.23. The van der Waals surface area contributed by atoms with Crippen LogP contribution in [0.3, 0.4) is 0 Å². The zero-order valence-corrected chi connectivity index (χ0v) is 13.7. The van der Waals surface area contributed by atoms with Crippen LogP contribution in [0, 0.1) is 0 Å². The first kappa shape index (κ1) is 17.7. The van der Waals surface area contributed by atoms with E-state index in [1.807, 2.05) is 0 Å². The zero-order chi connectivity index (χ0) is 16.2. The molecule has 0 aliphatic rings. The van der Waals surface area contributed by atoms with Crippen LogP contribution < -0.4 is 11.1 Å². The Morgan fingerprint density at radius 2 is 2.14 bits per heavy atom. The van der Waals surface area contributed by atoms with Gasteiger partial charge in [0, 0.05) is 22.8 Å². The van der Waals surface area contributed by atoms with Crippen LogP contribution in [0.25, 0.3) is 0 Å². The van der Waals surface area contributed by atoms with E-state index in [2.05, 4.69) is 26.2 Å². The zero-order valence-electron chi connectivity index (χ0n) is 12.1. The van der Waals surface area contributed by atoms with Crippen LogP contribution in [0.2, 0.25) is 0 Å². The SMILES string of the molecule is CC(C)(C)OC(=O)NCC(O)C(O)c1cc(Br)cnc1N. The van der Waals surface area contributed by atoms with Crippen molar-refractivity contribution in [2.75, 3.05) is 12.3 Å². The van der Waals surface area contributed by atoms with Crippen LogP contribution in [0.15, 0.2) is 16.7 Å². The first-order chi connectivity index (χ1) is 9.60. The van der Waals surface area contributed by atoms with Crippen LogP contribution in [-0.4, -0.2) is 39.5 Å². The van der Waals surface area contributed by atoms with Crippen LogP contribution in [0.1, 0.15) is 32.4 Å². The van der Waals surface area contributed by atoms with Crippen LogP contribution in [-0.2, 0) is 4.74 Å². The molecule has 8 heteroatoms. The Balaban J connectivity index is 2.61. The summed E-state index contributed by atoms with van der Waals surface area (Å²) in [7, 11) is 0. The molecule has 1 heterocycles. The summed E-state index contributed by atoms with van der Waals surface area (Å²) in [5.74, 6) is 0.113. The van der Waals surface area contributed by atoms with Crippen molar-refractivity contribution in [2.45, 2.75) is 38.6 Å². The molecule has 0 saturated heterocycles. The molecule has 2 atom stereocenters. The highest BCUT2D eigenvalue weighted by atomic mass is 79.9. The Morgan fingerprint density at radius 3 is 2.71 bits per heavy atom. The van der Waals surface area contributed by atoms with Crippen LogP contribution in [0.4, 0.5) is 10.6 Å². The fourth-order valence-corrected chi connectivity index (χ4v) is 1.87. The van der Waals surface area contributed by atoms with Gasteiger partial charge in [-0.15, -0.1) is 0 Å². The number of pyridine rings is 1. The minimum absolute atomic E-state index is 0.113. The molecule has 1 rings (SSSR count). The van der Waals surface area contributed by atoms with Gasteiger partial charge in [-0.25, -0.2) is 9.78 Å². The maximum atomic E-state index is 11.5. The molecule has 1 aromatic heterocycles. The molecule has 0 aliphatic heterocycles. The number of alkyl carbamates (subject to hydrolysis) is 1. The number of anilines is 1. The predicted octanol–water partition coefficient (Wildman–Crippen LogP) is 1.35. The first-order valence-corrected chi connectivity index (χ1v) is 7.13. The average molecular weight is 362 g/mol. The molecule has 0 fully saturated rings. The number of rotatable bonds is 4. The number of aromatic nitrogens is 1. The van der Waals surface area contributed by atoms with Crippen molar-refractivity contribution in [3.63, 3.8) is 0 Å². The van der Waals surface area contributed by atoms with Gasteiger partial charge in [-0.2, -0.15) is 0 Å². The number of hydrogen-bond donors (Lipinski definition) is 4. The van der Waals surface area contributed by atoms with Crippen LogP contribution >= 0.6 is 15.9 Å². The molecule has 1 aromatic rings. The Bertz CT molecular complexity index is 505. The number of ether oxygens (including phenoxy) is 1. The lowest BCUT2D eigenvalue weighted by Crippen LogP contribution is -2.39. The Morgan fingerprint density at radius 1 is 1.52 bits per heavy atom. The number of aliphatic hydroxyl groups excluding tert-OH is 2. The topological polar surface area (TPSA) is 118 Å². The Labute approximate surface area is 131 Å². The summed E-state index contributed by atoms with van der Waals surface area (Å²) in [5.41, 5.74) is 5.30. The van der Waals surface area contributed by atoms with Gasteiger partial charge in [-0.05, 0) is 42.8 Å². The maximum absolute atomic E-state index is 11.5. The molecule has 0 saturated carbocycles. The summed E-state index contributed by atoms with van der Waals surface area (Å²) in [5, 5.41) is 22.4. The smallest absolute Gasteiger partial charge is 0.407 e. The molecular formula is C13H20BrN3O4. The van der Waals surface area contributed by atoms with E-state index in [1.54, 1.807) is 26.8 Å². The number of nitrogens with one attached hydrogen (secondary N) is 1. The molecule has 0 spiro atoms. The summed E-state index contributed by atoms with van der Waals surface area (Å²) in [6, 6.07) is 1.56. The summed E-state index contributed by atoms with van der Waals surface area (Å²) in [6.07, 6.45) is -1.70. The van der Waals surface area contributed by atoms with Gasteiger partial charge in [-0.1, -0.05) is 0 Å². The van der Waals surface area contributed by atoms with E-state index in [0.717, 1.165) is 0 Å². The van der Waals surface area contributed by atoms with Crippen molar-refractivity contribution >= 4 is 27.8 Å². The Kier molecular flexibility index (Phi) is 5.94. The normalized spacial score (nSPS) is 14.4. The van der Waals surface area contributed by atoms with Gasteiger partial charge in [0.25, 0.3) is 0 Å². The first-order valence-electron chi connectivity index (χ1n) is 6.34. The lowest BCUT2D eigenvalue weighted by molar-refractivity contribution is 0.0131. The van der Waals surface area contributed by atoms with Gasteiger partial charge in [-0.3, -0.25) is 0 Å². The number of carbonyl (C=O) groups is 1. The van der Waals surface area contributed by atoms with Crippen LogP contribution in [0.5, 0.6) is 0 Å². The number of hydrogen-bond acceptors (Lipinski definition) is 6. The predicted molar refractivity (Wildman–Crippen MR) is 81.6 cm³/mol. The molecule has 0 aliphatic carbocycles. The fourth-order valence-electron chi connectivity index (χ4n) is 1.52. The molecule has 0 aromatic carbocycles. The van der Waals surface area contributed by atoms with E-state index in [4.69, 9.17) is 10.5 Å². The summed E-state index contributed by atoms with van der Waals surface area (Å²) >= 11 is 3.21. The van der Waals surface area contributed by atoms with Crippen molar-refractivity contribution < 1.29 is 19.7 Å². The number of nitrogens with two attached hydrogens (primary N) is 1. The van der Waals surface area contributed by atoms with Gasteiger partial charge < -0.3 is 26.0 Å². The molecule has 2 unspecified atom stereocenters. The third-order valence-electron chi connectivity index (χ3n) is 2.45. The third-order valence-corrected chi connectivity index (χ3v) is 2.89. The van der Waals surface area contributed by atoms with E-state index in [1.165, 1.54) is 6.20 Å². The van der Waals surface area contributed by atoms with Crippen molar-refractivity contribution in [2.24, 2.45) is 0 Å². The van der Waals surface area contributed by atoms with E-state index in [-0.39, 0.29) is 17.9 Å². The summed E-state index contributed by atoms with van der Waals surface area (Å²) in [6.45, 7) is 5.01. The quantitative estimate of drug-likeness (QED) is 0.642. The minimum Gasteiger partial charge on any atom is -0.444 e. The lowest BCUT2D eigenvalue weighted by Gasteiger charge is -2.22. The highest BCUT2D eigenvalue weighted by Crippen LogP contribution is 2.24. The number of nitrogens with zero attached hydrogens (tertiary/aromatic N) is 1. The van der Waals surface area contributed by atoms with Gasteiger partial charge in [0.05, 0.1) is 0 Å². The van der Waals surface area contributed by atoms with E-state index < -0.39 is 23.9 Å². The third kappa shape index (κ3) is 5.86. The van der Waals surface area contributed by atoms with Crippen molar-refractivity contribution in [1.82, 2.24) is 10.3 Å². The standard InChI is InChI=1S/C13H20BrN3O4/c1-13(2,3)21-12(20)17-6-9(18)10(19)8-4-7(14)5-16-11(8)15/h4-5,9-10,18-19H,6H2,1-3H3,(H2,15,16)(H,17,20). The molecule has 118 valence electrons. The molecule has 7 nitrogen and oxygen atoms in total. The number of halogens is 1. The second-order valence-electron chi connectivity index (χ2n) is 5.52. The van der Waals surface area contributed by atoms with Crippen molar-refractivity contribution in [1.29, 1.82) is 0 Å². The van der Waals surface area contributed by atoms with Gasteiger partial charge >= 0.3 is 6.09 Å². The van der Waals surface area contributed by atoms with Crippen molar-refractivity contribution in [3.8, 4) is 0 Å². The number of amides is 1. The summed E-state index contributed by atoms with van der Waals surface area (Å²) in [4.78, 5) is 15.3. The van der Waals surface area contributed by atoms with Gasteiger partial charge in [0.2, 0.25) is 0 Å². The molecular weight excluding hydrogens is 342 g/mol. The van der Waals surface area contributed by atoms with E-state index >= 15 is 0 Å². The van der Waals surface area contributed by atoms with E-state index in [9.17, 15) is 15.0 Å². The minimum atomic E-state index is -1.27. The fraction of sp³-hybridized carbons (Fsp3) is 0.538. The molecule has 0 bridgehead atoms. The number of carbonyl (C=O) groups excluding carboxylic acids is 1. The summed E-state index contributed by atoms with van der Waals surface area (Å²) < 4.78 is 5.65. The molecule has 0 radical (unpaired) electrons. The highest BCUT2D eigenvalue weighted by molar-refractivity contribution is 9.10. The average Bonchev–Trinajstić information content (AvgIpc) is 2.36. The number of aliphatic hydroxyl groups is 2. The maximum Gasteiger partial charge on any atom is 0.407 e. The second-order valence-corrected chi connectivity index (χ2v) is 6.44. The monoisotopic (exact) mass is 361 g/mol. The van der Waals surface area contributed by atoms with E-state index in [0.29, 0.717) is 4.47 Å². The molecule has 1 amide bonds. The second kappa shape index (κ2) is 7.06. The lowest BCUT2D eigenvalue weighted by atomic mass is 10.1. The number of nitrogen functional groups attached to an aromatic ring is 1. The van der Waals surface area contributed by atoms with Gasteiger partial charge in [0.1, 0.15) is 23.6 Å². The molecule has 21 heavy (non-hydrogen) atoms. The molecule has 5 N–H and O–H groups in total. The largest absolute Gasteiger partial charge is 0.444 e. The van der Waals surface area contributed by atoms with Gasteiger partial charge in [0.15, 0.2) is 0 Å².